The molecule has 32 heavy (non-hydrogen) atoms. The minimum Gasteiger partial charge on any atom is -0.352 e. The van der Waals surface area contributed by atoms with Crippen molar-refractivity contribution in [2.45, 2.75) is 33.0 Å². The molecule has 168 valence electrons. The molecule has 0 atom stereocenters. The number of piperazine rings is 1. The molecule has 1 aliphatic rings. The highest BCUT2D eigenvalue weighted by molar-refractivity contribution is 5.80. The number of amides is 1. The molecule has 0 aliphatic carbocycles. The van der Waals surface area contributed by atoms with Crippen molar-refractivity contribution in [2.75, 3.05) is 33.2 Å². The standard InChI is InChI=1S/C25H31N5O2/c1-19-5-3-8-22-24(19)27-18-30(25(22)32)10-9-23(31)26-16-20-6-4-7-21(15-20)17-29-13-11-28(2)12-14-29/h3-8,15,18H,9-14,16-17H2,1-2H3,(H,26,31). The molecule has 3 aromatic rings. The zero-order chi connectivity index (χ0) is 22.5. The van der Waals surface area contributed by atoms with Gasteiger partial charge in [0.1, 0.15) is 0 Å². The van der Waals surface area contributed by atoms with Gasteiger partial charge >= 0.3 is 0 Å². The van der Waals surface area contributed by atoms with Crippen molar-refractivity contribution in [3.63, 3.8) is 0 Å². The zero-order valence-electron chi connectivity index (χ0n) is 18.9. The van der Waals surface area contributed by atoms with Gasteiger partial charge in [0.25, 0.3) is 5.56 Å². The quantitative estimate of drug-likeness (QED) is 0.618. The summed E-state index contributed by atoms with van der Waals surface area (Å²) in [6, 6.07) is 14.0. The monoisotopic (exact) mass is 433 g/mol. The molecule has 0 spiro atoms. The lowest BCUT2D eigenvalue weighted by atomic mass is 10.1. The number of carbonyl (C=O) groups excluding carboxylic acids is 1. The first kappa shape index (κ1) is 22.2. The van der Waals surface area contributed by atoms with Crippen LogP contribution in [0.1, 0.15) is 23.1 Å². The van der Waals surface area contributed by atoms with E-state index in [0.29, 0.717) is 18.5 Å². The summed E-state index contributed by atoms with van der Waals surface area (Å²) in [5, 5.41) is 3.56. The van der Waals surface area contributed by atoms with E-state index in [9.17, 15) is 9.59 Å². The maximum absolute atomic E-state index is 12.7. The van der Waals surface area contributed by atoms with Crippen molar-refractivity contribution in [2.24, 2.45) is 0 Å². The molecule has 1 aromatic heterocycles. The molecule has 0 unspecified atom stereocenters. The summed E-state index contributed by atoms with van der Waals surface area (Å²) < 4.78 is 1.51. The average molecular weight is 434 g/mol. The van der Waals surface area contributed by atoms with Gasteiger partial charge < -0.3 is 10.2 Å². The van der Waals surface area contributed by atoms with E-state index in [0.717, 1.165) is 49.4 Å². The topological polar surface area (TPSA) is 70.5 Å². The number of aromatic nitrogens is 2. The van der Waals surface area contributed by atoms with Crippen LogP contribution < -0.4 is 10.9 Å². The molecule has 1 N–H and O–H groups in total. The maximum atomic E-state index is 12.7. The third-order valence-corrected chi connectivity index (χ3v) is 6.12. The second-order valence-electron chi connectivity index (χ2n) is 8.64. The van der Waals surface area contributed by atoms with Gasteiger partial charge in [0.15, 0.2) is 0 Å². The van der Waals surface area contributed by atoms with Gasteiger partial charge in [-0.3, -0.25) is 19.1 Å². The Morgan fingerprint density at radius 3 is 2.62 bits per heavy atom. The summed E-state index contributed by atoms with van der Waals surface area (Å²) in [6.07, 6.45) is 1.77. The molecule has 0 bridgehead atoms. The first-order valence-electron chi connectivity index (χ1n) is 11.2. The van der Waals surface area contributed by atoms with Gasteiger partial charge in [-0.2, -0.15) is 0 Å². The van der Waals surface area contributed by atoms with Crippen LogP contribution in [0, 0.1) is 6.92 Å². The fourth-order valence-electron chi connectivity index (χ4n) is 4.11. The van der Waals surface area contributed by atoms with Crippen LogP contribution in [-0.2, 0) is 24.4 Å². The number of nitrogens with one attached hydrogen (secondary N) is 1. The van der Waals surface area contributed by atoms with Crippen LogP contribution >= 0.6 is 0 Å². The molecule has 1 aliphatic heterocycles. The molecular weight excluding hydrogens is 402 g/mol. The third-order valence-electron chi connectivity index (χ3n) is 6.12. The maximum Gasteiger partial charge on any atom is 0.261 e. The second-order valence-corrected chi connectivity index (χ2v) is 8.64. The average Bonchev–Trinajstić information content (AvgIpc) is 2.79. The van der Waals surface area contributed by atoms with Crippen molar-refractivity contribution in [3.05, 3.63) is 75.8 Å². The number of likely N-dealkylation sites (N-methyl/N-ethyl adjacent to an activating group) is 1. The van der Waals surface area contributed by atoms with Crippen molar-refractivity contribution in [1.82, 2.24) is 24.7 Å². The Balaban J connectivity index is 1.29. The smallest absolute Gasteiger partial charge is 0.261 e. The van der Waals surface area contributed by atoms with E-state index in [-0.39, 0.29) is 17.9 Å². The molecule has 1 amide bonds. The number of carbonyl (C=O) groups is 1. The Labute approximate surface area is 188 Å². The summed E-state index contributed by atoms with van der Waals surface area (Å²) >= 11 is 0. The van der Waals surface area contributed by atoms with Gasteiger partial charge in [0, 0.05) is 52.2 Å². The first-order chi connectivity index (χ1) is 15.5. The molecular formula is C25H31N5O2. The Morgan fingerprint density at radius 2 is 1.81 bits per heavy atom. The van der Waals surface area contributed by atoms with E-state index in [2.05, 4.69) is 45.3 Å². The van der Waals surface area contributed by atoms with Crippen molar-refractivity contribution >= 4 is 16.8 Å². The van der Waals surface area contributed by atoms with Crippen molar-refractivity contribution < 1.29 is 4.79 Å². The fraction of sp³-hybridized carbons (Fsp3) is 0.400. The lowest BCUT2D eigenvalue weighted by Gasteiger charge is -2.32. The van der Waals surface area contributed by atoms with Crippen LogP contribution in [0.4, 0.5) is 0 Å². The summed E-state index contributed by atoms with van der Waals surface area (Å²) in [5.41, 5.74) is 3.94. The minimum atomic E-state index is -0.108. The van der Waals surface area contributed by atoms with Crippen LogP contribution in [0.3, 0.4) is 0 Å². The van der Waals surface area contributed by atoms with Crippen LogP contribution in [-0.4, -0.2) is 58.5 Å². The number of hydrogen-bond donors (Lipinski definition) is 1. The normalized spacial score (nSPS) is 15.2. The molecule has 2 aromatic carbocycles. The summed E-state index contributed by atoms with van der Waals surface area (Å²) in [6.45, 7) is 8.04. The number of fused-ring (bicyclic) bond motifs is 1. The molecule has 2 heterocycles. The number of rotatable bonds is 7. The van der Waals surface area contributed by atoms with Crippen LogP contribution in [0.25, 0.3) is 10.9 Å². The number of hydrogen-bond acceptors (Lipinski definition) is 5. The Hall–Kier alpha value is -3.03. The van der Waals surface area contributed by atoms with Gasteiger partial charge in [-0.1, -0.05) is 36.4 Å². The largest absolute Gasteiger partial charge is 0.352 e. The van der Waals surface area contributed by atoms with Crippen molar-refractivity contribution in [3.8, 4) is 0 Å². The van der Waals surface area contributed by atoms with Gasteiger partial charge in [0.05, 0.1) is 17.2 Å². The zero-order valence-corrected chi connectivity index (χ0v) is 18.9. The highest BCUT2D eigenvalue weighted by Gasteiger charge is 2.14. The Morgan fingerprint density at radius 1 is 1.06 bits per heavy atom. The predicted molar refractivity (Wildman–Crippen MR) is 126 cm³/mol. The van der Waals surface area contributed by atoms with Crippen molar-refractivity contribution in [1.29, 1.82) is 0 Å². The van der Waals surface area contributed by atoms with Gasteiger partial charge in [0.2, 0.25) is 5.91 Å². The van der Waals surface area contributed by atoms with Gasteiger partial charge in [-0.05, 0) is 36.7 Å². The van der Waals surface area contributed by atoms with Crippen LogP contribution in [0.5, 0.6) is 0 Å². The van der Waals surface area contributed by atoms with Gasteiger partial charge in [-0.25, -0.2) is 4.98 Å². The lowest BCUT2D eigenvalue weighted by Crippen LogP contribution is -2.43. The summed E-state index contributed by atoms with van der Waals surface area (Å²) in [5.74, 6) is -0.0780. The molecule has 1 saturated heterocycles. The lowest BCUT2D eigenvalue weighted by molar-refractivity contribution is -0.121. The van der Waals surface area contributed by atoms with E-state index >= 15 is 0 Å². The molecule has 7 heteroatoms. The predicted octanol–water partition coefficient (Wildman–Crippen LogP) is 2.16. The molecule has 0 radical (unpaired) electrons. The van der Waals surface area contributed by atoms with E-state index in [1.807, 2.05) is 25.1 Å². The number of aryl methyl sites for hydroxylation is 2. The summed E-state index contributed by atoms with van der Waals surface area (Å²) in [4.78, 5) is 34.3. The Bertz CT molecular complexity index is 1150. The number of para-hydroxylation sites is 1. The van der Waals surface area contributed by atoms with E-state index in [4.69, 9.17) is 0 Å². The highest BCUT2D eigenvalue weighted by atomic mass is 16.1. The fourth-order valence-corrected chi connectivity index (χ4v) is 4.11. The molecule has 0 saturated carbocycles. The molecule has 1 fully saturated rings. The van der Waals surface area contributed by atoms with E-state index in [1.54, 1.807) is 6.07 Å². The van der Waals surface area contributed by atoms with E-state index in [1.165, 1.54) is 16.5 Å². The minimum absolute atomic E-state index is 0.0780. The third kappa shape index (κ3) is 5.41. The number of benzene rings is 2. The van der Waals surface area contributed by atoms with Crippen LogP contribution in [0.15, 0.2) is 53.6 Å². The second kappa shape index (κ2) is 10.1. The Kier molecular flexibility index (Phi) is 6.97. The van der Waals surface area contributed by atoms with Crippen LogP contribution in [0.2, 0.25) is 0 Å². The SMILES string of the molecule is Cc1cccc2c(=O)n(CCC(=O)NCc3cccc(CN4CCN(C)CC4)c3)cnc12. The summed E-state index contributed by atoms with van der Waals surface area (Å²) in [7, 11) is 2.16. The highest BCUT2D eigenvalue weighted by Crippen LogP contribution is 2.12. The molecule has 7 nitrogen and oxygen atoms in total. The number of nitrogens with zero attached hydrogens (tertiary/aromatic N) is 4. The van der Waals surface area contributed by atoms with E-state index < -0.39 is 0 Å². The van der Waals surface area contributed by atoms with Gasteiger partial charge in [-0.15, -0.1) is 0 Å². The molecule has 4 rings (SSSR count). The first-order valence-corrected chi connectivity index (χ1v) is 11.2.